The number of hydrogen-bond acceptors (Lipinski definition) is 7. The summed E-state index contributed by atoms with van der Waals surface area (Å²) in [5.41, 5.74) is 1.95. The van der Waals surface area contributed by atoms with Crippen LogP contribution in [0.5, 0.6) is 17.2 Å². The van der Waals surface area contributed by atoms with Crippen LogP contribution in [0.2, 0.25) is 0 Å². The molecule has 7 nitrogen and oxygen atoms in total. The average molecular weight is 405 g/mol. The maximum atomic E-state index is 9.58. The van der Waals surface area contributed by atoms with Crippen LogP contribution in [0, 0.1) is 11.3 Å². The molecule has 1 atom stereocenters. The summed E-state index contributed by atoms with van der Waals surface area (Å²) >= 11 is 0. The van der Waals surface area contributed by atoms with Gasteiger partial charge in [0.1, 0.15) is 24.2 Å². The van der Waals surface area contributed by atoms with Crippen molar-refractivity contribution >= 4 is 22.4 Å². The molecule has 1 aliphatic heterocycles. The summed E-state index contributed by atoms with van der Waals surface area (Å²) in [6.07, 6.45) is 2.31. The van der Waals surface area contributed by atoms with E-state index in [1.807, 2.05) is 30.3 Å². The van der Waals surface area contributed by atoms with Crippen molar-refractivity contribution < 1.29 is 18.9 Å². The quantitative estimate of drug-likeness (QED) is 0.622. The fourth-order valence-corrected chi connectivity index (χ4v) is 3.42. The standard InChI is InChI=1S/C23H23N3O4/c1-27-21-11-15-10-16(13-24)23(26-20(15)12-22(21)28-2)25-17-5-7-18(8-6-17)30-14-19-4-3-9-29-19/h5-8,10-12,19H,3-4,9,14H2,1-2H3,(H,25,26). The molecule has 2 aromatic carbocycles. The normalized spacial score (nSPS) is 15.6. The molecule has 154 valence electrons. The third-order valence-corrected chi connectivity index (χ3v) is 5.02. The minimum atomic E-state index is 0.179. The summed E-state index contributed by atoms with van der Waals surface area (Å²) in [5, 5.41) is 13.6. The van der Waals surface area contributed by atoms with E-state index in [4.69, 9.17) is 18.9 Å². The zero-order valence-electron chi connectivity index (χ0n) is 17.0. The van der Waals surface area contributed by atoms with Crippen molar-refractivity contribution in [1.82, 2.24) is 4.98 Å². The van der Waals surface area contributed by atoms with E-state index < -0.39 is 0 Å². The first kappa shape index (κ1) is 19.8. The highest BCUT2D eigenvalue weighted by Crippen LogP contribution is 2.33. The summed E-state index contributed by atoms with van der Waals surface area (Å²) in [7, 11) is 3.15. The number of fused-ring (bicyclic) bond motifs is 1. The largest absolute Gasteiger partial charge is 0.493 e. The number of benzene rings is 2. The Bertz CT molecular complexity index is 1070. The van der Waals surface area contributed by atoms with Crippen molar-refractivity contribution in [3.05, 3.63) is 48.0 Å². The second-order valence-corrected chi connectivity index (χ2v) is 6.99. The van der Waals surface area contributed by atoms with E-state index in [9.17, 15) is 5.26 Å². The Morgan fingerprint density at radius 3 is 2.57 bits per heavy atom. The van der Waals surface area contributed by atoms with Crippen LogP contribution in [-0.4, -0.2) is 38.5 Å². The van der Waals surface area contributed by atoms with Gasteiger partial charge in [0.25, 0.3) is 0 Å². The van der Waals surface area contributed by atoms with Crippen LogP contribution in [0.25, 0.3) is 10.9 Å². The van der Waals surface area contributed by atoms with Crippen molar-refractivity contribution in [1.29, 1.82) is 5.26 Å². The van der Waals surface area contributed by atoms with Crippen molar-refractivity contribution in [2.24, 2.45) is 0 Å². The average Bonchev–Trinajstić information content (AvgIpc) is 3.31. The van der Waals surface area contributed by atoms with E-state index in [1.165, 1.54) is 0 Å². The van der Waals surface area contributed by atoms with Crippen molar-refractivity contribution in [3.8, 4) is 23.3 Å². The molecular weight excluding hydrogens is 382 g/mol. The Morgan fingerprint density at radius 1 is 1.13 bits per heavy atom. The third kappa shape index (κ3) is 4.24. The molecule has 1 N–H and O–H groups in total. The predicted molar refractivity (Wildman–Crippen MR) is 114 cm³/mol. The number of ether oxygens (including phenoxy) is 4. The van der Waals surface area contributed by atoms with E-state index in [0.29, 0.717) is 35.0 Å². The minimum Gasteiger partial charge on any atom is -0.493 e. The van der Waals surface area contributed by atoms with Crippen molar-refractivity contribution in [2.75, 3.05) is 32.8 Å². The van der Waals surface area contributed by atoms with Gasteiger partial charge in [-0.1, -0.05) is 0 Å². The highest BCUT2D eigenvalue weighted by atomic mass is 16.5. The molecular formula is C23H23N3O4. The fourth-order valence-electron chi connectivity index (χ4n) is 3.42. The molecule has 0 amide bonds. The van der Waals surface area contributed by atoms with E-state index >= 15 is 0 Å². The van der Waals surface area contributed by atoms with Crippen LogP contribution in [0.4, 0.5) is 11.5 Å². The molecule has 1 fully saturated rings. The van der Waals surface area contributed by atoms with Gasteiger partial charge in [-0.05, 0) is 49.2 Å². The van der Waals surface area contributed by atoms with Crippen LogP contribution in [0.1, 0.15) is 18.4 Å². The summed E-state index contributed by atoms with van der Waals surface area (Å²) in [6.45, 7) is 1.37. The van der Waals surface area contributed by atoms with Crippen molar-refractivity contribution in [2.45, 2.75) is 18.9 Å². The smallest absolute Gasteiger partial charge is 0.162 e. The maximum Gasteiger partial charge on any atom is 0.162 e. The van der Waals surface area contributed by atoms with Crippen LogP contribution in [0.3, 0.4) is 0 Å². The van der Waals surface area contributed by atoms with Gasteiger partial charge in [-0.3, -0.25) is 0 Å². The molecule has 0 aliphatic carbocycles. The van der Waals surface area contributed by atoms with Crippen LogP contribution in [0.15, 0.2) is 42.5 Å². The maximum absolute atomic E-state index is 9.58. The van der Waals surface area contributed by atoms with Gasteiger partial charge in [-0.2, -0.15) is 5.26 Å². The van der Waals surface area contributed by atoms with Crippen LogP contribution in [-0.2, 0) is 4.74 Å². The number of anilines is 2. The highest BCUT2D eigenvalue weighted by molar-refractivity contribution is 5.87. The lowest BCUT2D eigenvalue weighted by Gasteiger charge is -2.13. The number of pyridine rings is 1. The van der Waals surface area contributed by atoms with E-state index in [1.54, 1.807) is 26.4 Å². The lowest BCUT2D eigenvalue weighted by molar-refractivity contribution is 0.0679. The lowest BCUT2D eigenvalue weighted by Crippen LogP contribution is -2.16. The molecule has 30 heavy (non-hydrogen) atoms. The van der Waals surface area contributed by atoms with Crippen LogP contribution < -0.4 is 19.5 Å². The lowest BCUT2D eigenvalue weighted by atomic mass is 10.1. The molecule has 0 spiro atoms. The van der Waals surface area contributed by atoms with Gasteiger partial charge < -0.3 is 24.3 Å². The van der Waals surface area contributed by atoms with Gasteiger partial charge in [0.2, 0.25) is 0 Å². The fraction of sp³-hybridized carbons (Fsp3) is 0.304. The Hall–Kier alpha value is -3.50. The zero-order chi connectivity index (χ0) is 20.9. The second-order valence-electron chi connectivity index (χ2n) is 6.99. The minimum absolute atomic E-state index is 0.179. The number of hydrogen-bond donors (Lipinski definition) is 1. The summed E-state index contributed by atoms with van der Waals surface area (Å²) in [6, 6.07) is 15.2. The van der Waals surface area contributed by atoms with Gasteiger partial charge >= 0.3 is 0 Å². The van der Waals surface area contributed by atoms with Gasteiger partial charge in [-0.25, -0.2) is 4.98 Å². The van der Waals surface area contributed by atoms with E-state index in [0.717, 1.165) is 36.3 Å². The first-order valence-corrected chi connectivity index (χ1v) is 9.78. The number of methoxy groups -OCH3 is 2. The zero-order valence-corrected chi connectivity index (χ0v) is 17.0. The number of aromatic nitrogens is 1. The molecule has 0 saturated carbocycles. The number of nitrogens with one attached hydrogen (secondary N) is 1. The molecule has 4 rings (SSSR count). The topological polar surface area (TPSA) is 85.6 Å². The second kappa shape index (κ2) is 8.89. The SMILES string of the molecule is COc1cc2cc(C#N)c(Nc3ccc(OCC4CCCO4)cc3)nc2cc1OC. The summed E-state index contributed by atoms with van der Waals surface area (Å²) < 4.78 is 22.1. The van der Waals surface area contributed by atoms with Gasteiger partial charge in [0, 0.05) is 23.7 Å². The molecule has 0 bridgehead atoms. The van der Waals surface area contributed by atoms with E-state index in [2.05, 4.69) is 16.4 Å². The third-order valence-electron chi connectivity index (χ3n) is 5.02. The number of nitrogens with zero attached hydrogens (tertiary/aromatic N) is 2. The summed E-state index contributed by atoms with van der Waals surface area (Å²) in [4.78, 5) is 4.62. The Balaban J connectivity index is 1.54. The molecule has 2 heterocycles. The van der Waals surface area contributed by atoms with Crippen LogP contribution >= 0.6 is 0 Å². The molecule has 1 aromatic heterocycles. The Morgan fingerprint density at radius 2 is 1.90 bits per heavy atom. The first-order valence-electron chi connectivity index (χ1n) is 9.78. The molecule has 0 radical (unpaired) electrons. The monoisotopic (exact) mass is 405 g/mol. The Kier molecular flexibility index (Phi) is 5.87. The van der Waals surface area contributed by atoms with E-state index in [-0.39, 0.29) is 6.10 Å². The highest BCUT2D eigenvalue weighted by Gasteiger charge is 2.16. The van der Waals surface area contributed by atoms with Gasteiger partial charge in [0.15, 0.2) is 11.5 Å². The van der Waals surface area contributed by atoms with Gasteiger partial charge in [-0.15, -0.1) is 0 Å². The molecule has 7 heteroatoms. The number of nitriles is 1. The van der Waals surface area contributed by atoms with Gasteiger partial charge in [0.05, 0.1) is 31.4 Å². The number of rotatable bonds is 7. The first-order chi connectivity index (χ1) is 14.7. The molecule has 1 unspecified atom stereocenters. The molecule has 3 aromatic rings. The molecule has 1 saturated heterocycles. The predicted octanol–water partition coefficient (Wildman–Crippen LogP) is 4.43. The van der Waals surface area contributed by atoms with Crippen molar-refractivity contribution in [3.63, 3.8) is 0 Å². The molecule has 1 aliphatic rings. The Labute approximate surface area is 175 Å². The summed E-state index contributed by atoms with van der Waals surface area (Å²) in [5.74, 6) is 2.43.